The molecule has 31 heavy (non-hydrogen) atoms. The van der Waals surface area contributed by atoms with Crippen molar-refractivity contribution in [1.82, 2.24) is 14.9 Å². The molecule has 4 atom stereocenters. The number of carbonyl (C=O) groups is 1. The molecular weight excluding hydrogens is 433 g/mol. The van der Waals surface area contributed by atoms with E-state index in [4.69, 9.17) is 0 Å². The monoisotopic (exact) mass is 460 g/mol. The lowest BCUT2D eigenvalue weighted by molar-refractivity contribution is -0.141. The molecule has 1 aliphatic heterocycles. The van der Waals surface area contributed by atoms with Crippen molar-refractivity contribution >= 4 is 21.7 Å². The molecule has 0 unspecified atom stereocenters. The van der Waals surface area contributed by atoms with E-state index in [1.54, 1.807) is 0 Å². The molecule has 3 aliphatic carbocycles. The minimum absolute atomic E-state index is 0.0216. The molecule has 2 heterocycles. The summed E-state index contributed by atoms with van der Waals surface area (Å²) in [5.74, 6) is -0.275. The summed E-state index contributed by atoms with van der Waals surface area (Å²) >= 11 is 0. The van der Waals surface area contributed by atoms with Gasteiger partial charge in [-0.1, -0.05) is 20.8 Å². The van der Waals surface area contributed by atoms with Crippen molar-refractivity contribution in [2.24, 2.45) is 23.2 Å². The van der Waals surface area contributed by atoms with Gasteiger partial charge in [0.1, 0.15) is 0 Å². The summed E-state index contributed by atoms with van der Waals surface area (Å²) in [7, 11) is -3.27. The van der Waals surface area contributed by atoms with Crippen molar-refractivity contribution in [2.45, 2.75) is 45.8 Å². The Morgan fingerprint density at radius 2 is 1.87 bits per heavy atom. The summed E-state index contributed by atoms with van der Waals surface area (Å²) in [6.45, 7) is 6.30. The second-order valence-corrected chi connectivity index (χ2v) is 11.9. The highest BCUT2D eigenvalue weighted by Gasteiger charge is 2.56. The number of halogens is 3. The highest BCUT2D eigenvalue weighted by atomic mass is 32.2. The largest absolute Gasteiger partial charge is 0.434 e. The van der Waals surface area contributed by atoms with E-state index in [0.717, 1.165) is 23.9 Å². The molecule has 1 aromatic rings. The molecule has 2 bridgehead atoms. The van der Waals surface area contributed by atoms with Crippen LogP contribution in [0.3, 0.4) is 0 Å². The predicted octanol–water partition coefficient (Wildman–Crippen LogP) is 2.85. The van der Waals surface area contributed by atoms with Crippen LogP contribution in [0.15, 0.2) is 6.20 Å². The van der Waals surface area contributed by atoms with Crippen molar-refractivity contribution in [3.05, 3.63) is 17.5 Å². The second kappa shape index (κ2) is 7.31. The number of amides is 1. The van der Waals surface area contributed by atoms with Crippen LogP contribution in [-0.4, -0.2) is 59.8 Å². The van der Waals surface area contributed by atoms with E-state index in [9.17, 15) is 26.4 Å². The van der Waals surface area contributed by atoms with Gasteiger partial charge in [0.25, 0.3) is 5.91 Å². The van der Waals surface area contributed by atoms with Crippen LogP contribution in [0.4, 0.5) is 19.1 Å². The van der Waals surface area contributed by atoms with E-state index in [-0.39, 0.29) is 47.9 Å². The molecule has 7 nitrogen and oxygen atoms in total. The Hall–Kier alpha value is -1.91. The summed E-state index contributed by atoms with van der Waals surface area (Å²) in [6.07, 6.45) is -1.95. The first-order chi connectivity index (χ1) is 14.3. The number of alkyl halides is 3. The Morgan fingerprint density at radius 1 is 1.23 bits per heavy atom. The fourth-order valence-corrected chi connectivity index (χ4v) is 6.62. The van der Waals surface area contributed by atoms with Crippen LogP contribution in [-0.2, 0) is 16.0 Å². The normalized spacial score (nSPS) is 31.6. The lowest BCUT2D eigenvalue weighted by atomic mass is 9.45. The Morgan fingerprint density at radius 3 is 2.42 bits per heavy atom. The number of hydrogen-bond acceptors (Lipinski definition) is 6. The lowest BCUT2D eigenvalue weighted by Crippen LogP contribution is -2.58. The average Bonchev–Trinajstić information content (AvgIpc) is 2.68. The van der Waals surface area contributed by atoms with Crippen LogP contribution in [0.1, 0.15) is 49.7 Å². The number of aromatic nitrogens is 2. The third kappa shape index (κ3) is 4.01. The topological polar surface area (TPSA) is 92.3 Å². The van der Waals surface area contributed by atoms with Gasteiger partial charge in [-0.3, -0.25) is 4.79 Å². The molecule has 4 fully saturated rings. The summed E-state index contributed by atoms with van der Waals surface area (Å²) in [5, 5.41) is 3.07. The third-order valence-corrected chi connectivity index (χ3v) is 9.20. The number of anilines is 1. The summed E-state index contributed by atoms with van der Waals surface area (Å²) in [6, 6.07) is -0.0216. The van der Waals surface area contributed by atoms with E-state index in [1.165, 1.54) is 0 Å². The standard InChI is InChI=1S/C20H27F3N4O3S/c1-11-14-8-12(19(14,2)3)9-15(11)25-18-24-10-13(16(26-18)20(21,22)23)17(28)27-4-6-31(29,30)7-5-27/h10-12,14-15H,4-9H2,1-3H3,(H,24,25,26)/t11-,12+,14-,15-/m0/s1. The van der Waals surface area contributed by atoms with Crippen LogP contribution in [0.5, 0.6) is 0 Å². The Balaban J connectivity index is 1.55. The molecule has 172 valence electrons. The molecule has 1 saturated heterocycles. The Labute approximate surface area is 179 Å². The van der Waals surface area contributed by atoms with Crippen molar-refractivity contribution in [3.8, 4) is 0 Å². The van der Waals surface area contributed by atoms with Gasteiger partial charge < -0.3 is 10.2 Å². The fraction of sp³-hybridized carbons (Fsp3) is 0.750. The number of rotatable bonds is 3. The van der Waals surface area contributed by atoms with Crippen molar-refractivity contribution in [2.75, 3.05) is 29.9 Å². The molecule has 1 N–H and O–H groups in total. The molecule has 0 aromatic carbocycles. The van der Waals surface area contributed by atoms with Gasteiger partial charge in [0.2, 0.25) is 5.95 Å². The van der Waals surface area contributed by atoms with Gasteiger partial charge in [-0.2, -0.15) is 13.2 Å². The molecule has 4 aliphatic rings. The number of fused-ring (bicyclic) bond motifs is 2. The zero-order chi connectivity index (χ0) is 22.8. The molecule has 1 aromatic heterocycles. The van der Waals surface area contributed by atoms with Crippen LogP contribution in [0.25, 0.3) is 0 Å². The number of hydrogen-bond donors (Lipinski definition) is 1. The first kappa shape index (κ1) is 22.3. The van der Waals surface area contributed by atoms with Gasteiger partial charge >= 0.3 is 6.18 Å². The predicted molar refractivity (Wildman–Crippen MR) is 108 cm³/mol. The number of carbonyl (C=O) groups excluding carboxylic acids is 1. The first-order valence-electron chi connectivity index (χ1n) is 10.5. The van der Waals surface area contributed by atoms with Gasteiger partial charge in [0.15, 0.2) is 15.5 Å². The quantitative estimate of drug-likeness (QED) is 0.746. The van der Waals surface area contributed by atoms with E-state index in [2.05, 4.69) is 36.1 Å². The lowest BCUT2D eigenvalue weighted by Gasteiger charge is -2.62. The molecule has 5 rings (SSSR count). The second-order valence-electron chi connectivity index (χ2n) is 9.60. The van der Waals surface area contributed by atoms with Crippen LogP contribution in [0.2, 0.25) is 0 Å². The molecule has 11 heteroatoms. The molecule has 0 spiro atoms. The summed E-state index contributed by atoms with van der Waals surface area (Å²) in [5.41, 5.74) is -1.70. The molecule has 1 amide bonds. The van der Waals surface area contributed by atoms with Crippen LogP contribution >= 0.6 is 0 Å². The fourth-order valence-electron chi connectivity index (χ4n) is 5.42. The van der Waals surface area contributed by atoms with E-state index >= 15 is 0 Å². The maximum absolute atomic E-state index is 13.7. The van der Waals surface area contributed by atoms with E-state index in [1.807, 2.05) is 0 Å². The van der Waals surface area contributed by atoms with Crippen molar-refractivity contribution in [1.29, 1.82) is 0 Å². The van der Waals surface area contributed by atoms with Crippen LogP contribution < -0.4 is 5.32 Å². The number of nitrogens with zero attached hydrogens (tertiary/aromatic N) is 3. The number of nitrogens with one attached hydrogen (secondary N) is 1. The maximum atomic E-state index is 13.7. The van der Waals surface area contributed by atoms with Gasteiger partial charge in [0, 0.05) is 25.3 Å². The summed E-state index contributed by atoms with van der Waals surface area (Å²) < 4.78 is 64.3. The zero-order valence-electron chi connectivity index (χ0n) is 17.7. The maximum Gasteiger partial charge on any atom is 0.434 e. The van der Waals surface area contributed by atoms with Gasteiger partial charge in [-0.05, 0) is 36.0 Å². The number of sulfone groups is 1. The van der Waals surface area contributed by atoms with Crippen molar-refractivity contribution in [3.63, 3.8) is 0 Å². The highest BCUT2D eigenvalue weighted by Crippen LogP contribution is 2.61. The zero-order valence-corrected chi connectivity index (χ0v) is 18.6. The van der Waals surface area contributed by atoms with Crippen molar-refractivity contribution < 1.29 is 26.4 Å². The van der Waals surface area contributed by atoms with E-state index in [0.29, 0.717) is 11.8 Å². The molecule has 0 radical (unpaired) electrons. The third-order valence-electron chi connectivity index (χ3n) is 7.59. The van der Waals surface area contributed by atoms with Gasteiger partial charge in [-0.15, -0.1) is 0 Å². The molecule has 3 saturated carbocycles. The SMILES string of the molecule is C[C@@H]1[C@@H](Nc2ncc(C(=O)N3CCS(=O)(=O)CC3)c(C(F)(F)F)n2)C[C@H]2C[C@@H]1C2(C)C. The molecular formula is C20H27F3N4O3S. The van der Waals surface area contributed by atoms with Crippen LogP contribution in [0, 0.1) is 23.2 Å². The minimum atomic E-state index is -4.84. The Bertz CT molecular complexity index is 982. The highest BCUT2D eigenvalue weighted by molar-refractivity contribution is 7.91. The van der Waals surface area contributed by atoms with E-state index < -0.39 is 33.2 Å². The Kier molecular flexibility index (Phi) is 5.26. The van der Waals surface area contributed by atoms with Gasteiger partial charge in [0.05, 0.1) is 17.1 Å². The average molecular weight is 461 g/mol. The van der Waals surface area contributed by atoms with Gasteiger partial charge in [-0.25, -0.2) is 18.4 Å². The minimum Gasteiger partial charge on any atom is -0.351 e. The summed E-state index contributed by atoms with van der Waals surface area (Å²) in [4.78, 5) is 21.5. The smallest absolute Gasteiger partial charge is 0.351 e. The first-order valence-corrected chi connectivity index (χ1v) is 12.3.